The van der Waals surface area contributed by atoms with Crippen molar-refractivity contribution in [3.8, 4) is 0 Å². The van der Waals surface area contributed by atoms with Crippen molar-refractivity contribution in [3.63, 3.8) is 0 Å². The van der Waals surface area contributed by atoms with Crippen molar-refractivity contribution in [3.05, 3.63) is 24.2 Å². The molecule has 8 heteroatoms. The number of ether oxygens (including phenoxy) is 3. The molecule has 0 aliphatic rings. The van der Waals surface area contributed by atoms with Crippen LogP contribution in [0.5, 0.6) is 0 Å². The molecule has 0 atom stereocenters. The number of rotatable bonds is 10. The van der Waals surface area contributed by atoms with Crippen LogP contribution in [0.25, 0.3) is 0 Å². The first-order valence-electron chi connectivity index (χ1n) is 7.69. The van der Waals surface area contributed by atoms with Gasteiger partial charge in [0, 0.05) is 20.3 Å². The molecule has 0 fully saturated rings. The highest BCUT2D eigenvalue weighted by Crippen LogP contribution is 2.06. The van der Waals surface area contributed by atoms with Crippen LogP contribution in [0.2, 0.25) is 0 Å². The van der Waals surface area contributed by atoms with Gasteiger partial charge >= 0.3 is 17.9 Å². The Morgan fingerprint density at radius 2 is 1.46 bits per heavy atom. The zero-order chi connectivity index (χ0) is 18.5. The summed E-state index contributed by atoms with van der Waals surface area (Å²) in [5, 5.41) is 2.71. The lowest BCUT2D eigenvalue weighted by Crippen LogP contribution is -2.27. The average molecular weight is 342 g/mol. The van der Waals surface area contributed by atoms with Crippen LogP contribution in [0.3, 0.4) is 0 Å². The summed E-state index contributed by atoms with van der Waals surface area (Å²) in [6.45, 7) is 5.48. The summed E-state index contributed by atoms with van der Waals surface area (Å²) in [5.41, 5.74) is 0.157. The first-order chi connectivity index (χ1) is 11.4. The Labute approximate surface area is 142 Å². The summed E-state index contributed by atoms with van der Waals surface area (Å²) in [6.07, 6.45) is 4.11. The summed E-state index contributed by atoms with van der Waals surface area (Å²) in [6, 6.07) is 0. The minimum atomic E-state index is -1.21. The molecule has 1 N–H and O–H groups in total. The van der Waals surface area contributed by atoms with Crippen molar-refractivity contribution >= 4 is 17.9 Å². The quantitative estimate of drug-likeness (QED) is 0.270. The van der Waals surface area contributed by atoms with Crippen molar-refractivity contribution in [2.75, 3.05) is 33.9 Å². The predicted octanol–water partition coefficient (Wildman–Crippen LogP) is 0.798. The van der Waals surface area contributed by atoms with Crippen LogP contribution in [0, 0.1) is 5.92 Å². The predicted molar refractivity (Wildman–Crippen MR) is 87.4 cm³/mol. The number of carbonyl (C=O) groups is 3. The molecule has 0 amide bonds. The summed E-state index contributed by atoms with van der Waals surface area (Å²) < 4.78 is 14.6. The molecule has 0 saturated carbocycles. The monoisotopic (exact) mass is 342 g/mol. The van der Waals surface area contributed by atoms with E-state index < -0.39 is 23.8 Å². The molecule has 0 aromatic carbocycles. The molecule has 0 spiro atoms. The lowest BCUT2D eigenvalue weighted by atomic mass is 10.1. The molecule has 24 heavy (non-hydrogen) atoms. The fourth-order valence-corrected chi connectivity index (χ4v) is 1.57. The second-order valence-electron chi connectivity index (χ2n) is 4.71. The van der Waals surface area contributed by atoms with Crippen LogP contribution < -0.4 is 5.32 Å². The topological polar surface area (TPSA) is 94.2 Å². The molecule has 8 nitrogen and oxygen atoms in total. The second kappa shape index (κ2) is 12.0. The molecule has 0 aromatic rings. The van der Waals surface area contributed by atoms with Gasteiger partial charge in [-0.15, -0.1) is 0 Å². The Hall–Kier alpha value is -2.51. The number of esters is 3. The molecule has 0 rings (SSSR count). The van der Waals surface area contributed by atoms with E-state index in [9.17, 15) is 14.4 Å². The van der Waals surface area contributed by atoms with E-state index in [0.717, 1.165) is 0 Å². The molecule has 0 saturated heterocycles. The van der Waals surface area contributed by atoms with Gasteiger partial charge in [-0.2, -0.15) is 0 Å². The smallest absolute Gasteiger partial charge is 0.356 e. The van der Waals surface area contributed by atoms with E-state index in [0.29, 0.717) is 0 Å². The van der Waals surface area contributed by atoms with Crippen LogP contribution >= 0.6 is 0 Å². The van der Waals surface area contributed by atoms with Crippen molar-refractivity contribution in [2.24, 2.45) is 5.92 Å². The third-order valence-electron chi connectivity index (χ3n) is 2.49. The van der Waals surface area contributed by atoms with Crippen molar-refractivity contribution in [1.29, 1.82) is 0 Å². The first kappa shape index (κ1) is 21.5. The molecular formula is C16H26N2O6. The zero-order valence-corrected chi connectivity index (χ0v) is 14.8. The fourth-order valence-electron chi connectivity index (χ4n) is 1.57. The van der Waals surface area contributed by atoms with Crippen LogP contribution in [0.1, 0.15) is 20.8 Å². The van der Waals surface area contributed by atoms with E-state index in [4.69, 9.17) is 14.2 Å². The number of nitrogens with zero attached hydrogens (tertiary/aromatic N) is 1. The lowest BCUT2D eigenvalue weighted by Gasteiger charge is -2.12. The Kier molecular flexibility index (Phi) is 10.7. The third-order valence-corrected chi connectivity index (χ3v) is 2.49. The molecule has 0 radical (unpaired) electrons. The molecule has 0 aliphatic heterocycles. The second-order valence-corrected chi connectivity index (χ2v) is 4.71. The molecular weight excluding hydrogens is 316 g/mol. The lowest BCUT2D eigenvalue weighted by molar-refractivity contribution is -0.159. The van der Waals surface area contributed by atoms with Crippen molar-refractivity contribution in [2.45, 2.75) is 20.8 Å². The fraction of sp³-hybridized carbons (Fsp3) is 0.562. The van der Waals surface area contributed by atoms with E-state index >= 15 is 0 Å². The molecule has 0 unspecified atom stereocenters. The molecule has 0 aromatic heterocycles. The number of hydrogen-bond acceptors (Lipinski definition) is 8. The van der Waals surface area contributed by atoms with E-state index in [2.05, 4.69) is 5.32 Å². The first-order valence-corrected chi connectivity index (χ1v) is 7.69. The Morgan fingerprint density at radius 1 is 0.958 bits per heavy atom. The molecule has 136 valence electrons. The van der Waals surface area contributed by atoms with Gasteiger partial charge in [-0.3, -0.25) is 9.59 Å². The highest BCUT2D eigenvalue weighted by atomic mass is 16.6. The van der Waals surface area contributed by atoms with Gasteiger partial charge in [-0.25, -0.2) is 4.79 Å². The van der Waals surface area contributed by atoms with Gasteiger partial charge < -0.3 is 24.4 Å². The van der Waals surface area contributed by atoms with Crippen LogP contribution in [0.4, 0.5) is 0 Å². The molecule has 0 aliphatic carbocycles. The van der Waals surface area contributed by atoms with Crippen molar-refractivity contribution in [1.82, 2.24) is 10.2 Å². The SMILES string of the molecule is CCOC(=O)/C(=C/N(C)C)N/C=C/C(C(=O)OCC)C(=O)OCC. The van der Waals surface area contributed by atoms with Gasteiger partial charge in [0.05, 0.1) is 19.8 Å². The van der Waals surface area contributed by atoms with Crippen LogP contribution in [-0.2, 0) is 28.6 Å². The Bertz CT molecular complexity index is 467. The van der Waals surface area contributed by atoms with E-state index in [-0.39, 0.29) is 25.5 Å². The average Bonchev–Trinajstić information content (AvgIpc) is 2.50. The normalized spacial score (nSPS) is 11.3. The van der Waals surface area contributed by atoms with Gasteiger partial charge in [0.25, 0.3) is 0 Å². The minimum absolute atomic E-state index is 0.143. The summed E-state index contributed by atoms with van der Waals surface area (Å²) in [7, 11) is 3.48. The maximum Gasteiger partial charge on any atom is 0.356 e. The van der Waals surface area contributed by atoms with E-state index in [1.54, 1.807) is 39.8 Å². The van der Waals surface area contributed by atoms with E-state index in [1.807, 2.05) is 0 Å². The summed E-state index contributed by atoms with van der Waals surface area (Å²) in [4.78, 5) is 37.2. The van der Waals surface area contributed by atoms with Crippen LogP contribution in [0.15, 0.2) is 24.2 Å². The number of nitrogens with one attached hydrogen (secondary N) is 1. The van der Waals surface area contributed by atoms with Gasteiger partial charge in [-0.1, -0.05) is 0 Å². The van der Waals surface area contributed by atoms with Gasteiger partial charge in [0.15, 0.2) is 5.92 Å². The highest BCUT2D eigenvalue weighted by molar-refractivity contribution is 5.97. The number of hydrogen-bond donors (Lipinski definition) is 1. The van der Waals surface area contributed by atoms with Gasteiger partial charge in [0.1, 0.15) is 5.70 Å². The molecule has 0 bridgehead atoms. The zero-order valence-electron chi connectivity index (χ0n) is 14.8. The standard InChI is InChI=1S/C16H26N2O6/c1-6-22-14(19)12(15(20)23-7-2)9-10-17-13(11-18(4)5)16(21)24-8-3/h9-12,17H,6-8H2,1-5H3/b10-9+,13-11-. The maximum atomic E-state index is 11.8. The Balaban J connectivity index is 5.13. The molecule has 0 heterocycles. The largest absolute Gasteiger partial charge is 0.465 e. The Morgan fingerprint density at radius 3 is 1.88 bits per heavy atom. The minimum Gasteiger partial charge on any atom is -0.465 e. The van der Waals surface area contributed by atoms with Gasteiger partial charge in [0.2, 0.25) is 0 Å². The summed E-state index contributed by atoms with van der Waals surface area (Å²) >= 11 is 0. The maximum absolute atomic E-state index is 11.8. The van der Waals surface area contributed by atoms with E-state index in [1.165, 1.54) is 18.5 Å². The third kappa shape index (κ3) is 8.21. The summed E-state index contributed by atoms with van der Waals surface area (Å²) in [5.74, 6) is -3.20. The van der Waals surface area contributed by atoms with Crippen LogP contribution in [-0.4, -0.2) is 56.7 Å². The highest BCUT2D eigenvalue weighted by Gasteiger charge is 2.26. The number of carbonyl (C=O) groups excluding carboxylic acids is 3. The van der Waals surface area contributed by atoms with Gasteiger partial charge in [-0.05, 0) is 33.0 Å². The van der Waals surface area contributed by atoms with Crippen molar-refractivity contribution < 1.29 is 28.6 Å².